The molecule has 2 aromatic rings. The van der Waals surface area contributed by atoms with Crippen molar-refractivity contribution in [2.24, 2.45) is 0 Å². The number of pyridine rings is 1. The van der Waals surface area contributed by atoms with Crippen molar-refractivity contribution < 1.29 is 9.59 Å². The molecule has 2 heterocycles. The van der Waals surface area contributed by atoms with E-state index in [1.807, 2.05) is 12.1 Å². The van der Waals surface area contributed by atoms with Crippen LogP contribution in [0.1, 0.15) is 12.8 Å². The van der Waals surface area contributed by atoms with Crippen molar-refractivity contribution in [3.8, 4) is 11.4 Å². The summed E-state index contributed by atoms with van der Waals surface area (Å²) >= 11 is 1.23. The number of carbonyl (C=O) groups excluding carboxylic acids is 2. The minimum Gasteiger partial charge on any atom is -0.352 e. The van der Waals surface area contributed by atoms with Crippen LogP contribution in [0.3, 0.4) is 0 Å². The van der Waals surface area contributed by atoms with Crippen molar-refractivity contribution >= 4 is 23.6 Å². The van der Waals surface area contributed by atoms with Crippen molar-refractivity contribution in [2.45, 2.75) is 24.0 Å². The standard InChI is InChI=1S/C15H18N6O2S/c1-21(8-12(22)17-11-2-3-11)13(23)9-24-15-18-14(19-20-15)10-4-6-16-7-5-10/h4-7,11H,2-3,8-9H2,1H3,(H,17,22)(H,18,19,20). The molecule has 0 unspecified atom stereocenters. The fraction of sp³-hybridized carbons (Fsp3) is 0.400. The molecular weight excluding hydrogens is 328 g/mol. The van der Waals surface area contributed by atoms with Gasteiger partial charge in [0.25, 0.3) is 0 Å². The summed E-state index contributed by atoms with van der Waals surface area (Å²) in [4.78, 5) is 33.5. The van der Waals surface area contributed by atoms with Crippen LogP contribution in [0.2, 0.25) is 0 Å². The lowest BCUT2D eigenvalue weighted by Crippen LogP contribution is -2.39. The second kappa shape index (κ2) is 7.43. The number of thioether (sulfide) groups is 1. The molecule has 1 aliphatic carbocycles. The van der Waals surface area contributed by atoms with Crippen molar-refractivity contribution in [2.75, 3.05) is 19.3 Å². The molecule has 2 amide bonds. The molecule has 0 atom stereocenters. The highest BCUT2D eigenvalue weighted by atomic mass is 32.2. The topological polar surface area (TPSA) is 104 Å². The van der Waals surface area contributed by atoms with E-state index in [1.165, 1.54) is 16.7 Å². The van der Waals surface area contributed by atoms with E-state index in [9.17, 15) is 9.59 Å². The monoisotopic (exact) mass is 346 g/mol. The van der Waals surface area contributed by atoms with E-state index in [0.717, 1.165) is 18.4 Å². The molecule has 9 heteroatoms. The number of amides is 2. The third-order valence-electron chi connectivity index (χ3n) is 3.49. The van der Waals surface area contributed by atoms with Gasteiger partial charge in [-0.15, -0.1) is 5.10 Å². The average Bonchev–Trinajstić information content (AvgIpc) is 3.26. The molecule has 0 aromatic carbocycles. The Balaban J connectivity index is 1.47. The molecule has 24 heavy (non-hydrogen) atoms. The Labute approximate surface area is 143 Å². The van der Waals surface area contributed by atoms with Crippen molar-refractivity contribution in [3.63, 3.8) is 0 Å². The van der Waals surface area contributed by atoms with E-state index >= 15 is 0 Å². The zero-order valence-corrected chi connectivity index (χ0v) is 14.0. The van der Waals surface area contributed by atoms with E-state index in [2.05, 4.69) is 25.5 Å². The first-order chi connectivity index (χ1) is 11.6. The molecule has 1 fully saturated rings. The molecule has 0 saturated heterocycles. The molecular formula is C15H18N6O2S. The number of nitrogens with one attached hydrogen (secondary N) is 2. The minimum absolute atomic E-state index is 0.0755. The molecule has 2 N–H and O–H groups in total. The summed E-state index contributed by atoms with van der Waals surface area (Å²) in [6.07, 6.45) is 5.42. The predicted octanol–water partition coefficient (Wildman–Crippen LogP) is 0.696. The van der Waals surface area contributed by atoms with Crippen LogP contribution in [0.5, 0.6) is 0 Å². The Morgan fingerprint density at radius 2 is 2.12 bits per heavy atom. The summed E-state index contributed by atoms with van der Waals surface area (Å²) in [6, 6.07) is 3.95. The molecule has 126 valence electrons. The molecule has 3 rings (SSSR count). The first-order valence-corrected chi connectivity index (χ1v) is 8.59. The molecule has 0 spiro atoms. The SMILES string of the molecule is CN(CC(=O)NC1CC1)C(=O)CSc1n[nH]c(-c2ccncc2)n1. The van der Waals surface area contributed by atoms with Gasteiger partial charge in [0.2, 0.25) is 17.0 Å². The Hall–Kier alpha value is -2.42. The van der Waals surface area contributed by atoms with Crippen molar-refractivity contribution in [3.05, 3.63) is 24.5 Å². The first kappa shape index (κ1) is 16.4. The molecule has 2 aromatic heterocycles. The van der Waals surface area contributed by atoms with Crippen molar-refractivity contribution in [1.82, 2.24) is 30.4 Å². The van der Waals surface area contributed by atoms with Gasteiger partial charge in [0.15, 0.2) is 5.82 Å². The fourth-order valence-electron chi connectivity index (χ4n) is 1.99. The van der Waals surface area contributed by atoms with Gasteiger partial charge >= 0.3 is 0 Å². The highest BCUT2D eigenvalue weighted by molar-refractivity contribution is 7.99. The normalized spacial score (nSPS) is 13.5. The number of rotatable bonds is 7. The molecule has 0 bridgehead atoms. The minimum atomic E-state index is -0.138. The van der Waals surface area contributed by atoms with Crippen LogP contribution in [0.25, 0.3) is 11.4 Å². The van der Waals surface area contributed by atoms with Crippen LogP contribution in [-0.4, -0.2) is 62.3 Å². The molecule has 1 saturated carbocycles. The summed E-state index contributed by atoms with van der Waals surface area (Å²) in [6.45, 7) is 0.0755. The van der Waals surface area contributed by atoms with E-state index in [1.54, 1.807) is 19.4 Å². The lowest BCUT2D eigenvalue weighted by atomic mass is 10.3. The van der Waals surface area contributed by atoms with Crippen LogP contribution in [0.15, 0.2) is 29.7 Å². The summed E-state index contributed by atoms with van der Waals surface area (Å²) in [5.74, 6) is 0.558. The zero-order chi connectivity index (χ0) is 16.9. The highest BCUT2D eigenvalue weighted by Crippen LogP contribution is 2.19. The zero-order valence-electron chi connectivity index (χ0n) is 13.2. The number of aromatic amines is 1. The van der Waals surface area contributed by atoms with Gasteiger partial charge in [-0.2, -0.15) is 0 Å². The number of likely N-dealkylation sites (N-methyl/N-ethyl adjacent to an activating group) is 1. The molecule has 0 aliphatic heterocycles. The van der Waals surface area contributed by atoms with E-state index in [-0.39, 0.29) is 24.1 Å². The van der Waals surface area contributed by atoms with Gasteiger partial charge in [-0.3, -0.25) is 19.7 Å². The third-order valence-corrected chi connectivity index (χ3v) is 4.32. The van der Waals surface area contributed by atoms with Crippen LogP contribution in [0.4, 0.5) is 0 Å². The first-order valence-electron chi connectivity index (χ1n) is 7.61. The number of aromatic nitrogens is 4. The van der Waals surface area contributed by atoms with Crippen LogP contribution in [-0.2, 0) is 9.59 Å². The van der Waals surface area contributed by atoms with E-state index in [0.29, 0.717) is 17.0 Å². The average molecular weight is 346 g/mol. The summed E-state index contributed by atoms with van der Waals surface area (Å²) in [5.41, 5.74) is 0.879. The van der Waals surface area contributed by atoms with Crippen molar-refractivity contribution in [1.29, 1.82) is 0 Å². The molecule has 8 nitrogen and oxygen atoms in total. The predicted molar refractivity (Wildman–Crippen MR) is 89.1 cm³/mol. The van der Waals surface area contributed by atoms with Gasteiger partial charge in [0, 0.05) is 31.0 Å². The summed E-state index contributed by atoms with van der Waals surface area (Å²) in [5, 5.41) is 10.3. The lowest BCUT2D eigenvalue weighted by Gasteiger charge is -2.16. The van der Waals surface area contributed by atoms with Gasteiger partial charge < -0.3 is 10.2 Å². The van der Waals surface area contributed by atoms with Crippen LogP contribution in [0, 0.1) is 0 Å². The maximum atomic E-state index is 12.1. The van der Waals surface area contributed by atoms with Crippen LogP contribution < -0.4 is 5.32 Å². The second-order valence-corrected chi connectivity index (χ2v) is 6.53. The number of hydrogen-bond acceptors (Lipinski definition) is 6. The fourth-order valence-corrected chi connectivity index (χ4v) is 2.73. The smallest absolute Gasteiger partial charge is 0.239 e. The number of H-pyrrole nitrogens is 1. The largest absolute Gasteiger partial charge is 0.352 e. The summed E-state index contributed by atoms with van der Waals surface area (Å²) < 4.78 is 0. The highest BCUT2D eigenvalue weighted by Gasteiger charge is 2.24. The maximum absolute atomic E-state index is 12.1. The molecule has 0 radical (unpaired) electrons. The Morgan fingerprint density at radius 1 is 1.38 bits per heavy atom. The Bertz CT molecular complexity index is 716. The Morgan fingerprint density at radius 3 is 2.83 bits per heavy atom. The number of carbonyl (C=O) groups is 2. The third kappa shape index (κ3) is 4.54. The van der Waals surface area contributed by atoms with Gasteiger partial charge in [0.05, 0.1) is 12.3 Å². The van der Waals surface area contributed by atoms with Gasteiger partial charge in [-0.1, -0.05) is 11.8 Å². The number of nitrogens with zero attached hydrogens (tertiary/aromatic N) is 4. The van der Waals surface area contributed by atoms with E-state index in [4.69, 9.17) is 0 Å². The van der Waals surface area contributed by atoms with Gasteiger partial charge in [-0.05, 0) is 25.0 Å². The van der Waals surface area contributed by atoms with Gasteiger partial charge in [0.1, 0.15) is 0 Å². The van der Waals surface area contributed by atoms with Gasteiger partial charge in [-0.25, -0.2) is 4.98 Å². The quantitative estimate of drug-likeness (QED) is 0.715. The Kier molecular flexibility index (Phi) is 5.09. The number of hydrogen-bond donors (Lipinski definition) is 2. The summed E-state index contributed by atoms with van der Waals surface area (Å²) in [7, 11) is 1.62. The molecule has 1 aliphatic rings. The second-order valence-electron chi connectivity index (χ2n) is 5.58. The lowest BCUT2D eigenvalue weighted by molar-refractivity contribution is -0.132. The van der Waals surface area contributed by atoms with E-state index < -0.39 is 0 Å². The van der Waals surface area contributed by atoms with Crippen LogP contribution >= 0.6 is 11.8 Å². The maximum Gasteiger partial charge on any atom is 0.239 e.